The van der Waals surface area contributed by atoms with E-state index >= 15 is 0 Å². The van der Waals surface area contributed by atoms with Gasteiger partial charge in [0.2, 0.25) is 11.8 Å². The molecule has 1 aliphatic carbocycles. The van der Waals surface area contributed by atoms with Crippen molar-refractivity contribution < 1.29 is 19.1 Å². The number of hydrogen-bond donors (Lipinski definition) is 1. The zero-order valence-corrected chi connectivity index (χ0v) is 16.3. The molecule has 1 aliphatic heterocycles. The van der Waals surface area contributed by atoms with Crippen molar-refractivity contribution in [1.29, 1.82) is 0 Å². The molecule has 2 atom stereocenters. The minimum absolute atomic E-state index is 0.180. The molecule has 3 amide bonds. The van der Waals surface area contributed by atoms with Gasteiger partial charge in [0.25, 0.3) is 5.91 Å². The molecule has 1 heterocycles. The summed E-state index contributed by atoms with van der Waals surface area (Å²) in [5.41, 5.74) is 2.58. The molecule has 29 heavy (non-hydrogen) atoms. The van der Waals surface area contributed by atoms with Crippen molar-refractivity contribution in [2.75, 3.05) is 17.3 Å². The van der Waals surface area contributed by atoms with Crippen LogP contribution in [0.2, 0.25) is 0 Å². The molecule has 0 saturated carbocycles. The van der Waals surface area contributed by atoms with Gasteiger partial charge in [-0.3, -0.25) is 19.3 Å². The largest absolute Gasteiger partial charge is 0.497 e. The minimum atomic E-state index is -0.314. The predicted octanol–water partition coefficient (Wildman–Crippen LogP) is 3.79. The van der Waals surface area contributed by atoms with Crippen molar-refractivity contribution in [3.05, 3.63) is 65.7 Å². The van der Waals surface area contributed by atoms with Gasteiger partial charge in [0.1, 0.15) is 5.75 Å². The Kier molecular flexibility index (Phi) is 4.92. The molecule has 2 aromatic rings. The van der Waals surface area contributed by atoms with Gasteiger partial charge >= 0.3 is 0 Å². The van der Waals surface area contributed by atoms with Gasteiger partial charge in [0.15, 0.2) is 0 Å². The second-order valence-corrected chi connectivity index (χ2v) is 7.45. The highest BCUT2D eigenvalue weighted by molar-refractivity contribution is 6.22. The quantitative estimate of drug-likeness (QED) is 0.637. The third-order valence-corrected chi connectivity index (χ3v) is 5.54. The Morgan fingerprint density at radius 3 is 2.52 bits per heavy atom. The van der Waals surface area contributed by atoms with Crippen LogP contribution in [-0.2, 0) is 9.59 Å². The van der Waals surface area contributed by atoms with Gasteiger partial charge in [-0.05, 0) is 62.2 Å². The Morgan fingerprint density at radius 1 is 1.07 bits per heavy atom. The summed E-state index contributed by atoms with van der Waals surface area (Å²) >= 11 is 0. The smallest absolute Gasteiger partial charge is 0.255 e. The number of rotatable bonds is 4. The molecule has 6 nitrogen and oxygen atoms in total. The number of nitrogens with one attached hydrogen (secondary N) is 1. The molecule has 148 valence electrons. The Balaban J connectivity index is 1.55. The number of benzene rings is 2. The van der Waals surface area contributed by atoms with Crippen LogP contribution in [0.25, 0.3) is 0 Å². The van der Waals surface area contributed by atoms with Gasteiger partial charge < -0.3 is 10.1 Å². The first kappa shape index (κ1) is 18.9. The molecule has 4 rings (SSSR count). The lowest BCUT2D eigenvalue weighted by atomic mass is 9.82. The van der Waals surface area contributed by atoms with Crippen molar-refractivity contribution in [3.8, 4) is 5.75 Å². The lowest BCUT2D eigenvalue weighted by molar-refractivity contribution is -0.122. The Hall–Kier alpha value is -3.41. The molecule has 0 unspecified atom stereocenters. The van der Waals surface area contributed by atoms with Gasteiger partial charge in [-0.25, -0.2) is 0 Å². The summed E-state index contributed by atoms with van der Waals surface area (Å²) in [6.07, 6.45) is 3.24. The summed E-state index contributed by atoms with van der Waals surface area (Å²) in [4.78, 5) is 39.6. The Labute approximate surface area is 169 Å². The molecule has 0 bridgehead atoms. The summed E-state index contributed by atoms with van der Waals surface area (Å²) in [5.74, 6) is -0.586. The Morgan fingerprint density at radius 2 is 1.79 bits per heavy atom. The summed E-state index contributed by atoms with van der Waals surface area (Å²) < 4.78 is 5.11. The van der Waals surface area contributed by atoms with Crippen LogP contribution in [0, 0.1) is 11.8 Å². The molecular weight excluding hydrogens is 368 g/mol. The second-order valence-electron chi connectivity index (χ2n) is 7.45. The maximum absolute atomic E-state index is 12.9. The summed E-state index contributed by atoms with van der Waals surface area (Å²) in [7, 11) is 1.58. The van der Waals surface area contributed by atoms with Crippen molar-refractivity contribution >= 4 is 29.1 Å². The van der Waals surface area contributed by atoms with E-state index < -0.39 is 0 Å². The fourth-order valence-electron chi connectivity index (χ4n) is 3.96. The van der Waals surface area contributed by atoms with Crippen LogP contribution in [0.5, 0.6) is 5.75 Å². The summed E-state index contributed by atoms with van der Waals surface area (Å²) in [6, 6.07) is 13.6. The van der Waals surface area contributed by atoms with Crippen molar-refractivity contribution in [1.82, 2.24) is 0 Å². The topological polar surface area (TPSA) is 75.7 Å². The zero-order valence-electron chi connectivity index (χ0n) is 16.3. The van der Waals surface area contributed by atoms with Crippen LogP contribution < -0.4 is 15.0 Å². The third kappa shape index (κ3) is 3.53. The van der Waals surface area contributed by atoms with Gasteiger partial charge in [0, 0.05) is 11.3 Å². The maximum Gasteiger partial charge on any atom is 0.255 e. The average Bonchev–Trinajstić information content (AvgIpc) is 2.98. The van der Waals surface area contributed by atoms with E-state index in [-0.39, 0.29) is 29.6 Å². The molecule has 6 heteroatoms. The normalized spacial score (nSPS) is 20.9. The first-order valence-corrected chi connectivity index (χ1v) is 9.57. The lowest BCUT2D eigenvalue weighted by Crippen LogP contribution is -2.31. The molecule has 1 fully saturated rings. The monoisotopic (exact) mass is 390 g/mol. The lowest BCUT2D eigenvalue weighted by Gasteiger charge is -2.18. The highest BCUT2D eigenvalue weighted by Crippen LogP contribution is 2.39. The standard InChI is InChI=1S/C23H22N2O4/c1-14-6-11-19-20(12-14)23(28)25(22(19)27)17-5-3-4-15(13-17)21(26)24-16-7-9-18(29-2)10-8-16/h3-10,13,19-20H,11-12H2,1-2H3,(H,24,26)/t19-,20+/m0/s1. The van der Waals surface area contributed by atoms with Crippen molar-refractivity contribution in [3.63, 3.8) is 0 Å². The third-order valence-electron chi connectivity index (χ3n) is 5.54. The van der Waals surface area contributed by atoms with Gasteiger partial charge in [-0.15, -0.1) is 0 Å². The van der Waals surface area contributed by atoms with Crippen LogP contribution in [0.3, 0.4) is 0 Å². The number of anilines is 2. The SMILES string of the molecule is COc1ccc(NC(=O)c2cccc(N3C(=O)[C@H]4CC=C(C)C[C@H]4C3=O)c2)cc1. The van der Waals surface area contributed by atoms with E-state index in [0.29, 0.717) is 35.5 Å². The van der Waals surface area contributed by atoms with Gasteiger partial charge in [0.05, 0.1) is 24.6 Å². The number of carbonyl (C=O) groups is 3. The highest BCUT2D eigenvalue weighted by atomic mass is 16.5. The molecule has 0 aromatic heterocycles. The first-order chi connectivity index (χ1) is 14.0. The number of nitrogens with zero attached hydrogens (tertiary/aromatic N) is 1. The van der Waals surface area contributed by atoms with Crippen LogP contribution in [0.15, 0.2) is 60.2 Å². The van der Waals surface area contributed by atoms with Gasteiger partial charge in [-0.2, -0.15) is 0 Å². The first-order valence-electron chi connectivity index (χ1n) is 9.57. The van der Waals surface area contributed by atoms with E-state index in [2.05, 4.69) is 5.32 Å². The van der Waals surface area contributed by atoms with Crippen LogP contribution >= 0.6 is 0 Å². The van der Waals surface area contributed by atoms with E-state index in [1.807, 2.05) is 13.0 Å². The average molecular weight is 390 g/mol. The fourth-order valence-corrected chi connectivity index (χ4v) is 3.96. The van der Waals surface area contributed by atoms with Crippen LogP contribution in [0.4, 0.5) is 11.4 Å². The van der Waals surface area contributed by atoms with Crippen molar-refractivity contribution in [2.24, 2.45) is 11.8 Å². The van der Waals surface area contributed by atoms with E-state index in [0.717, 1.165) is 5.57 Å². The molecular formula is C23H22N2O4. The zero-order chi connectivity index (χ0) is 20.5. The molecule has 0 radical (unpaired) electrons. The Bertz CT molecular complexity index is 1010. The number of ether oxygens (including phenoxy) is 1. The number of carbonyl (C=O) groups excluding carboxylic acids is 3. The van der Waals surface area contributed by atoms with Crippen LogP contribution in [0.1, 0.15) is 30.1 Å². The number of fused-ring (bicyclic) bond motifs is 1. The van der Waals surface area contributed by atoms with E-state index in [4.69, 9.17) is 4.74 Å². The highest BCUT2D eigenvalue weighted by Gasteiger charge is 2.48. The predicted molar refractivity (Wildman–Crippen MR) is 110 cm³/mol. The number of hydrogen-bond acceptors (Lipinski definition) is 4. The number of allylic oxidation sites excluding steroid dienone is 2. The number of imide groups is 1. The van der Waals surface area contributed by atoms with Crippen molar-refractivity contribution in [2.45, 2.75) is 19.8 Å². The number of methoxy groups -OCH3 is 1. The molecule has 1 N–H and O–H groups in total. The minimum Gasteiger partial charge on any atom is -0.497 e. The molecule has 2 aliphatic rings. The maximum atomic E-state index is 12.9. The second kappa shape index (κ2) is 7.54. The van der Waals surface area contributed by atoms with E-state index in [9.17, 15) is 14.4 Å². The van der Waals surface area contributed by atoms with E-state index in [1.54, 1.807) is 55.6 Å². The van der Waals surface area contributed by atoms with Gasteiger partial charge in [-0.1, -0.05) is 17.7 Å². The number of amides is 3. The summed E-state index contributed by atoms with van der Waals surface area (Å²) in [6.45, 7) is 1.99. The van der Waals surface area contributed by atoms with Crippen LogP contribution in [-0.4, -0.2) is 24.8 Å². The fraction of sp³-hybridized carbons (Fsp3) is 0.261. The van der Waals surface area contributed by atoms with E-state index in [1.165, 1.54) is 4.90 Å². The molecule has 2 aromatic carbocycles. The molecule has 0 spiro atoms. The summed E-state index contributed by atoms with van der Waals surface area (Å²) in [5, 5.41) is 2.81. The molecule has 1 saturated heterocycles.